The van der Waals surface area contributed by atoms with Crippen LogP contribution in [0.4, 0.5) is 34.8 Å². The molecule has 0 aliphatic carbocycles. The molecular formula is C25H29N9OS. The lowest BCUT2D eigenvalue weighted by atomic mass is 9.97. The minimum absolute atomic E-state index is 0.284. The van der Waals surface area contributed by atoms with Crippen LogP contribution in [-0.4, -0.2) is 51.3 Å². The van der Waals surface area contributed by atoms with E-state index in [2.05, 4.69) is 58.4 Å². The lowest BCUT2D eigenvalue weighted by Gasteiger charge is -2.27. The second-order valence-corrected chi connectivity index (χ2v) is 11.8. The molecule has 0 radical (unpaired) electrons. The van der Waals surface area contributed by atoms with Gasteiger partial charge in [0.05, 0.1) is 6.20 Å². The number of pyridine rings is 1. The van der Waals surface area contributed by atoms with Crippen LogP contribution in [-0.2, 0) is 22.7 Å². The van der Waals surface area contributed by atoms with Crippen LogP contribution in [0.15, 0.2) is 40.9 Å². The summed E-state index contributed by atoms with van der Waals surface area (Å²) >= 11 is 0. The van der Waals surface area contributed by atoms with Crippen molar-refractivity contribution in [3.05, 3.63) is 53.2 Å². The lowest BCUT2D eigenvalue weighted by molar-refractivity contribution is 0.642. The molecule has 36 heavy (non-hydrogen) atoms. The third-order valence-electron chi connectivity index (χ3n) is 6.09. The van der Waals surface area contributed by atoms with E-state index in [1.54, 1.807) is 30.7 Å². The molecule has 11 heteroatoms. The standard InChI is InChI=1S/C25H29N9OS/c1-36(2,35)33-23-7-5-6-22(30-23)31-24-18(14-26)16-28-25(32-24)29-19-12-17-15-27-9-8-20(17)21(13-19)34-10-3-4-11-34/h5-7,12-13,16,27H,3-4,8-11,15H2,1-2H3,(H2,28,29,30,31,32). The molecule has 0 atom stereocenters. The number of nitrogens with zero attached hydrogens (tertiary/aromatic N) is 6. The fourth-order valence-corrected chi connectivity index (χ4v) is 5.10. The van der Waals surface area contributed by atoms with E-state index < -0.39 is 9.73 Å². The number of fused-ring (bicyclic) bond motifs is 1. The fourth-order valence-electron chi connectivity index (χ4n) is 4.55. The molecule has 0 spiro atoms. The molecule has 5 rings (SSSR count). The first kappa shape index (κ1) is 24.0. The molecule has 1 fully saturated rings. The number of nitrogens with one attached hydrogen (secondary N) is 3. The van der Waals surface area contributed by atoms with Gasteiger partial charge in [-0.3, -0.25) is 0 Å². The molecule has 3 aromatic rings. The molecule has 2 aromatic heterocycles. The van der Waals surface area contributed by atoms with Gasteiger partial charge in [-0.15, -0.1) is 0 Å². The van der Waals surface area contributed by atoms with Gasteiger partial charge in [-0.05, 0) is 61.2 Å². The Bertz CT molecular complexity index is 1440. The van der Waals surface area contributed by atoms with Gasteiger partial charge < -0.3 is 20.9 Å². The van der Waals surface area contributed by atoms with E-state index in [-0.39, 0.29) is 5.56 Å². The summed E-state index contributed by atoms with van der Waals surface area (Å²) in [5.41, 5.74) is 5.19. The van der Waals surface area contributed by atoms with Crippen LogP contribution in [0, 0.1) is 11.3 Å². The van der Waals surface area contributed by atoms with E-state index in [1.165, 1.54) is 35.9 Å². The Morgan fingerprint density at radius 2 is 2.00 bits per heavy atom. The first-order chi connectivity index (χ1) is 17.4. The highest BCUT2D eigenvalue weighted by molar-refractivity contribution is 7.92. The van der Waals surface area contributed by atoms with Crippen LogP contribution < -0.4 is 20.9 Å². The second kappa shape index (κ2) is 10.1. The van der Waals surface area contributed by atoms with Crippen molar-refractivity contribution in [1.82, 2.24) is 20.3 Å². The molecule has 4 heterocycles. The maximum Gasteiger partial charge on any atom is 0.229 e. The van der Waals surface area contributed by atoms with Gasteiger partial charge in [0.25, 0.3) is 0 Å². The first-order valence-electron chi connectivity index (χ1n) is 11.9. The zero-order valence-corrected chi connectivity index (χ0v) is 21.2. The summed E-state index contributed by atoms with van der Waals surface area (Å²) in [5, 5.41) is 19.5. The van der Waals surface area contributed by atoms with E-state index in [0.717, 1.165) is 38.3 Å². The van der Waals surface area contributed by atoms with Crippen LogP contribution in [0.5, 0.6) is 0 Å². The molecule has 0 amide bonds. The van der Waals surface area contributed by atoms with Crippen molar-refractivity contribution in [2.24, 2.45) is 4.36 Å². The van der Waals surface area contributed by atoms with Crippen molar-refractivity contribution in [1.29, 1.82) is 5.26 Å². The third-order valence-corrected chi connectivity index (χ3v) is 6.72. The van der Waals surface area contributed by atoms with E-state index in [9.17, 15) is 9.47 Å². The zero-order valence-electron chi connectivity index (χ0n) is 20.4. The first-order valence-corrected chi connectivity index (χ1v) is 14.3. The number of aromatic nitrogens is 3. The summed E-state index contributed by atoms with van der Waals surface area (Å²) < 4.78 is 16.2. The van der Waals surface area contributed by atoms with Gasteiger partial charge in [-0.25, -0.2) is 14.2 Å². The molecule has 2 aliphatic heterocycles. The molecule has 0 saturated carbocycles. The Kier molecular flexibility index (Phi) is 6.71. The highest BCUT2D eigenvalue weighted by Crippen LogP contribution is 2.34. The third kappa shape index (κ3) is 5.56. The van der Waals surface area contributed by atoms with Crippen LogP contribution >= 0.6 is 0 Å². The van der Waals surface area contributed by atoms with E-state index in [1.807, 2.05) is 0 Å². The summed E-state index contributed by atoms with van der Waals surface area (Å²) in [6, 6.07) is 11.6. The summed E-state index contributed by atoms with van der Waals surface area (Å²) in [7, 11) is -2.35. The van der Waals surface area contributed by atoms with Crippen molar-refractivity contribution in [2.45, 2.75) is 25.8 Å². The molecule has 186 valence electrons. The Morgan fingerprint density at radius 3 is 2.78 bits per heavy atom. The maximum absolute atomic E-state index is 12.0. The Morgan fingerprint density at radius 1 is 1.17 bits per heavy atom. The summed E-state index contributed by atoms with van der Waals surface area (Å²) in [4.78, 5) is 15.8. The molecule has 0 unspecified atom stereocenters. The van der Waals surface area contributed by atoms with Gasteiger partial charge >= 0.3 is 0 Å². The maximum atomic E-state index is 12.0. The highest BCUT2D eigenvalue weighted by Gasteiger charge is 2.21. The van der Waals surface area contributed by atoms with Crippen LogP contribution in [0.25, 0.3) is 0 Å². The Labute approximate surface area is 211 Å². The SMILES string of the molecule is CS(C)(=O)=Nc1cccc(Nc2nc(Nc3cc4c(c(N5CCCC5)c3)CCNC4)ncc2C#N)n1. The van der Waals surface area contributed by atoms with Crippen LogP contribution in [0.1, 0.15) is 29.5 Å². The Hall–Kier alpha value is -3.75. The number of nitriles is 1. The van der Waals surface area contributed by atoms with Crippen LogP contribution in [0.2, 0.25) is 0 Å². The minimum atomic E-state index is -2.35. The molecule has 10 nitrogen and oxygen atoms in total. The van der Waals surface area contributed by atoms with Gasteiger partial charge in [0, 0.05) is 53.2 Å². The van der Waals surface area contributed by atoms with Crippen molar-refractivity contribution in [3.63, 3.8) is 0 Å². The van der Waals surface area contributed by atoms with Gasteiger partial charge in [-0.1, -0.05) is 6.07 Å². The van der Waals surface area contributed by atoms with Crippen molar-refractivity contribution < 1.29 is 4.21 Å². The molecule has 0 bridgehead atoms. The van der Waals surface area contributed by atoms with Gasteiger partial charge in [0.2, 0.25) is 5.95 Å². The predicted octanol–water partition coefficient (Wildman–Crippen LogP) is 3.84. The van der Waals surface area contributed by atoms with E-state index in [0.29, 0.717) is 23.4 Å². The summed E-state index contributed by atoms with van der Waals surface area (Å²) in [5.74, 6) is 1.49. The number of rotatable bonds is 6. The normalized spacial score (nSPS) is 15.2. The molecular weight excluding hydrogens is 474 g/mol. The monoisotopic (exact) mass is 503 g/mol. The number of hydrogen-bond acceptors (Lipinski definition) is 10. The average Bonchev–Trinajstić information content (AvgIpc) is 3.38. The zero-order chi connectivity index (χ0) is 25.1. The number of hydrogen-bond donors (Lipinski definition) is 3. The number of benzene rings is 1. The molecule has 1 aromatic carbocycles. The quantitative estimate of drug-likeness (QED) is 0.459. The van der Waals surface area contributed by atoms with Crippen LogP contribution in [0.3, 0.4) is 0 Å². The predicted molar refractivity (Wildman–Crippen MR) is 143 cm³/mol. The fraction of sp³-hybridized carbons (Fsp3) is 0.360. The van der Waals surface area contributed by atoms with Gasteiger partial charge in [0.1, 0.15) is 17.5 Å². The molecule has 1 saturated heterocycles. The average molecular weight is 504 g/mol. The number of anilines is 5. The van der Waals surface area contributed by atoms with Gasteiger partial charge in [0.15, 0.2) is 11.6 Å². The van der Waals surface area contributed by atoms with E-state index in [4.69, 9.17) is 0 Å². The molecule has 2 aliphatic rings. The second-order valence-electron chi connectivity index (χ2n) is 9.23. The smallest absolute Gasteiger partial charge is 0.229 e. The van der Waals surface area contributed by atoms with E-state index >= 15 is 0 Å². The Balaban J connectivity index is 1.44. The summed E-state index contributed by atoms with van der Waals surface area (Å²) in [6.07, 6.45) is 8.04. The largest absolute Gasteiger partial charge is 0.371 e. The van der Waals surface area contributed by atoms with Crippen molar-refractivity contribution in [3.8, 4) is 6.07 Å². The topological polar surface area (TPSA) is 131 Å². The highest BCUT2D eigenvalue weighted by atomic mass is 32.2. The summed E-state index contributed by atoms with van der Waals surface area (Å²) in [6.45, 7) is 3.98. The molecule has 3 N–H and O–H groups in total. The van der Waals surface area contributed by atoms with Gasteiger partial charge in [-0.2, -0.15) is 14.6 Å². The van der Waals surface area contributed by atoms with Crippen molar-refractivity contribution in [2.75, 3.05) is 47.7 Å². The minimum Gasteiger partial charge on any atom is -0.371 e. The lowest BCUT2D eigenvalue weighted by Crippen LogP contribution is -2.27. The van der Waals surface area contributed by atoms with Crippen molar-refractivity contribution >= 4 is 44.5 Å².